The first-order chi connectivity index (χ1) is 20.2. The molecule has 1 unspecified atom stereocenters. The molecule has 0 saturated carbocycles. The van der Waals surface area contributed by atoms with Gasteiger partial charge in [-0.25, -0.2) is 4.79 Å². The number of para-hydroxylation sites is 1. The molecule has 0 aromatic heterocycles. The Balaban J connectivity index is 1.37. The summed E-state index contributed by atoms with van der Waals surface area (Å²) in [5.41, 5.74) is 7.76. The van der Waals surface area contributed by atoms with Crippen LogP contribution < -0.4 is 24.7 Å². The van der Waals surface area contributed by atoms with Crippen LogP contribution in [0.25, 0.3) is 0 Å². The van der Waals surface area contributed by atoms with Gasteiger partial charge in [-0.3, -0.25) is 0 Å². The number of nitriles is 1. The highest BCUT2D eigenvalue weighted by Crippen LogP contribution is 2.48. The van der Waals surface area contributed by atoms with Gasteiger partial charge in [-0.1, -0.05) is 94.4 Å². The number of benzene rings is 4. The van der Waals surface area contributed by atoms with E-state index in [1.165, 1.54) is 6.07 Å². The molecule has 4 aromatic carbocycles. The number of carbonyl (C=O) groups excluding carboxylic acids is 1. The Labute approximate surface area is 265 Å². The van der Waals surface area contributed by atoms with E-state index in [0.29, 0.717) is 22.8 Å². The zero-order valence-corrected chi connectivity index (χ0v) is 24.9. The Kier molecular flexibility index (Phi) is 8.93. The third-order valence-corrected chi connectivity index (χ3v) is 8.34. The SMILES string of the molecule is N#CC1=C(N)Oc2cc(OC(=O)COc3c(Cl)c(Cl)c(Cl)c(Cl)c3Cl)ccc2C1c1cccc(Oc2ccccc2)c1. The van der Waals surface area contributed by atoms with Crippen LogP contribution in [-0.2, 0) is 4.79 Å². The number of nitrogens with zero attached hydrogens (tertiary/aromatic N) is 1. The van der Waals surface area contributed by atoms with E-state index >= 15 is 0 Å². The van der Waals surface area contributed by atoms with Crippen molar-refractivity contribution in [2.24, 2.45) is 5.73 Å². The minimum Gasteiger partial charge on any atom is -0.479 e. The molecule has 42 heavy (non-hydrogen) atoms. The number of hydrogen-bond donors (Lipinski definition) is 1. The van der Waals surface area contributed by atoms with Crippen LogP contribution in [0.3, 0.4) is 0 Å². The largest absolute Gasteiger partial charge is 0.479 e. The van der Waals surface area contributed by atoms with Gasteiger partial charge in [0.1, 0.15) is 44.7 Å². The molecule has 1 aliphatic heterocycles. The zero-order valence-electron chi connectivity index (χ0n) is 21.2. The Hall–Kier alpha value is -3.77. The number of esters is 1. The second-order valence-electron chi connectivity index (χ2n) is 8.77. The van der Waals surface area contributed by atoms with Crippen LogP contribution in [0, 0.1) is 11.3 Å². The molecular formula is C30H17Cl5N2O5. The highest BCUT2D eigenvalue weighted by atomic mass is 35.5. The fourth-order valence-electron chi connectivity index (χ4n) is 4.23. The molecule has 212 valence electrons. The van der Waals surface area contributed by atoms with E-state index in [-0.39, 0.29) is 48.1 Å². The Morgan fingerprint density at radius 1 is 0.833 bits per heavy atom. The fraction of sp³-hybridized carbons (Fsp3) is 0.0667. The van der Waals surface area contributed by atoms with Gasteiger partial charge in [-0.15, -0.1) is 0 Å². The molecule has 0 aliphatic carbocycles. The normalized spacial score (nSPS) is 14.0. The van der Waals surface area contributed by atoms with Crippen LogP contribution in [0.5, 0.6) is 28.7 Å². The van der Waals surface area contributed by atoms with E-state index < -0.39 is 18.5 Å². The summed E-state index contributed by atoms with van der Waals surface area (Å²) in [6.07, 6.45) is 0. The molecule has 0 saturated heterocycles. The van der Waals surface area contributed by atoms with Gasteiger partial charge in [0.25, 0.3) is 0 Å². The van der Waals surface area contributed by atoms with Gasteiger partial charge in [0.15, 0.2) is 12.4 Å². The summed E-state index contributed by atoms with van der Waals surface area (Å²) in [5, 5.41) is 9.51. The number of ether oxygens (including phenoxy) is 4. The van der Waals surface area contributed by atoms with Crippen molar-refractivity contribution in [3.63, 3.8) is 0 Å². The lowest BCUT2D eigenvalue weighted by atomic mass is 9.83. The van der Waals surface area contributed by atoms with Crippen LogP contribution in [0.1, 0.15) is 17.0 Å². The summed E-state index contributed by atoms with van der Waals surface area (Å²) in [5.74, 6) is 0.151. The van der Waals surface area contributed by atoms with Gasteiger partial charge in [0, 0.05) is 11.6 Å². The number of hydrogen-bond acceptors (Lipinski definition) is 7. The molecule has 12 heteroatoms. The van der Waals surface area contributed by atoms with E-state index in [1.54, 1.807) is 12.1 Å². The molecule has 4 aromatic rings. The van der Waals surface area contributed by atoms with Gasteiger partial charge in [0.05, 0.1) is 21.0 Å². The first-order valence-electron chi connectivity index (χ1n) is 12.1. The number of halogens is 5. The number of fused-ring (bicyclic) bond motifs is 1. The number of carbonyl (C=O) groups is 1. The molecule has 0 fully saturated rings. The molecule has 2 N–H and O–H groups in total. The average Bonchev–Trinajstić information content (AvgIpc) is 2.99. The molecule has 1 heterocycles. The number of allylic oxidation sites excluding steroid dienone is 1. The van der Waals surface area contributed by atoms with Crippen LogP contribution in [0.4, 0.5) is 0 Å². The third kappa shape index (κ3) is 6.05. The van der Waals surface area contributed by atoms with Crippen LogP contribution in [0.2, 0.25) is 25.1 Å². The summed E-state index contributed by atoms with van der Waals surface area (Å²) in [6.45, 7) is -0.580. The smallest absolute Gasteiger partial charge is 0.349 e. The van der Waals surface area contributed by atoms with Gasteiger partial charge in [0.2, 0.25) is 5.88 Å². The zero-order chi connectivity index (χ0) is 30.0. The van der Waals surface area contributed by atoms with Crippen molar-refractivity contribution in [3.05, 3.63) is 120 Å². The fourth-order valence-corrected chi connectivity index (χ4v) is 5.46. The van der Waals surface area contributed by atoms with Crippen molar-refractivity contribution in [3.8, 4) is 34.8 Å². The minimum absolute atomic E-state index is 0.0426. The first-order valence-corrected chi connectivity index (χ1v) is 14.0. The van der Waals surface area contributed by atoms with Crippen LogP contribution in [0.15, 0.2) is 84.3 Å². The minimum atomic E-state index is -0.788. The molecule has 7 nitrogen and oxygen atoms in total. The maximum Gasteiger partial charge on any atom is 0.349 e. The average molecular weight is 663 g/mol. The van der Waals surface area contributed by atoms with Gasteiger partial charge >= 0.3 is 5.97 Å². The molecule has 0 amide bonds. The summed E-state index contributed by atoms with van der Waals surface area (Å²) >= 11 is 30.4. The lowest BCUT2D eigenvalue weighted by Crippen LogP contribution is -2.22. The van der Waals surface area contributed by atoms with Crippen molar-refractivity contribution >= 4 is 64.0 Å². The van der Waals surface area contributed by atoms with E-state index in [2.05, 4.69) is 6.07 Å². The summed E-state index contributed by atoms with van der Waals surface area (Å²) < 4.78 is 22.6. The van der Waals surface area contributed by atoms with Gasteiger partial charge < -0.3 is 24.7 Å². The summed E-state index contributed by atoms with van der Waals surface area (Å²) in [4.78, 5) is 12.6. The topological polar surface area (TPSA) is 104 Å². The molecular weight excluding hydrogens is 646 g/mol. The Bertz CT molecular complexity index is 1740. The summed E-state index contributed by atoms with van der Waals surface area (Å²) in [6, 6.07) is 23.5. The second-order valence-corrected chi connectivity index (χ2v) is 10.7. The van der Waals surface area contributed by atoms with Crippen molar-refractivity contribution in [1.82, 2.24) is 0 Å². The number of rotatable bonds is 7. The maximum atomic E-state index is 12.6. The molecule has 0 radical (unpaired) electrons. The van der Waals surface area contributed by atoms with Crippen molar-refractivity contribution in [1.29, 1.82) is 5.26 Å². The lowest BCUT2D eigenvalue weighted by molar-refractivity contribution is -0.136. The van der Waals surface area contributed by atoms with Crippen molar-refractivity contribution in [2.45, 2.75) is 5.92 Å². The van der Waals surface area contributed by atoms with Crippen molar-refractivity contribution in [2.75, 3.05) is 6.61 Å². The molecule has 0 spiro atoms. The quantitative estimate of drug-likeness (QED) is 0.0912. The monoisotopic (exact) mass is 660 g/mol. The van der Waals surface area contributed by atoms with Gasteiger partial charge in [-0.05, 0) is 35.9 Å². The van der Waals surface area contributed by atoms with E-state index in [4.69, 9.17) is 82.7 Å². The highest BCUT2D eigenvalue weighted by molar-refractivity contribution is 6.55. The van der Waals surface area contributed by atoms with E-state index in [9.17, 15) is 10.1 Å². The molecule has 1 atom stereocenters. The second kappa shape index (κ2) is 12.6. The van der Waals surface area contributed by atoms with Gasteiger partial charge in [-0.2, -0.15) is 5.26 Å². The van der Waals surface area contributed by atoms with Crippen LogP contribution >= 0.6 is 58.0 Å². The third-order valence-electron chi connectivity index (χ3n) is 6.10. The predicted octanol–water partition coefficient (Wildman–Crippen LogP) is 8.95. The lowest BCUT2D eigenvalue weighted by Gasteiger charge is -2.27. The van der Waals surface area contributed by atoms with E-state index in [1.807, 2.05) is 54.6 Å². The maximum absolute atomic E-state index is 12.6. The molecule has 0 bridgehead atoms. The van der Waals surface area contributed by atoms with Crippen LogP contribution in [-0.4, -0.2) is 12.6 Å². The molecule has 5 rings (SSSR count). The van der Waals surface area contributed by atoms with Crippen molar-refractivity contribution < 1.29 is 23.7 Å². The Morgan fingerprint density at radius 2 is 1.50 bits per heavy atom. The predicted molar refractivity (Wildman–Crippen MR) is 161 cm³/mol. The number of nitrogens with two attached hydrogens (primary N) is 1. The standard InChI is InChI=1S/C30H17Cl5N2O5/c31-24-25(32)27(34)29(28(35)26(24)33)39-14-22(38)41-18-9-10-19-21(12-18)42-30(37)20(13-36)23(19)15-5-4-8-17(11-15)40-16-6-2-1-3-7-16/h1-12,23H,14,37H2. The first kappa shape index (κ1) is 29.7. The molecule has 1 aliphatic rings. The highest BCUT2D eigenvalue weighted by Gasteiger charge is 2.31. The Morgan fingerprint density at radius 3 is 2.19 bits per heavy atom. The summed E-state index contributed by atoms with van der Waals surface area (Å²) in [7, 11) is 0. The van der Waals surface area contributed by atoms with E-state index in [0.717, 1.165) is 5.56 Å².